The molecule has 1 aromatic carbocycles. The summed E-state index contributed by atoms with van der Waals surface area (Å²) in [5.41, 5.74) is -0.126. The SMILES string of the molecule is CC(C)(O)c1cc(F)c(F)cc1N1CCCC1. The van der Waals surface area contributed by atoms with E-state index in [9.17, 15) is 13.9 Å². The van der Waals surface area contributed by atoms with Gasteiger partial charge in [0.25, 0.3) is 0 Å². The van der Waals surface area contributed by atoms with Gasteiger partial charge in [-0.25, -0.2) is 8.78 Å². The largest absolute Gasteiger partial charge is 0.386 e. The summed E-state index contributed by atoms with van der Waals surface area (Å²) >= 11 is 0. The van der Waals surface area contributed by atoms with Gasteiger partial charge in [-0.1, -0.05) is 0 Å². The number of nitrogens with zero attached hydrogens (tertiary/aromatic N) is 1. The molecule has 0 bridgehead atoms. The summed E-state index contributed by atoms with van der Waals surface area (Å²) in [5, 5.41) is 10.0. The molecule has 1 saturated heterocycles. The van der Waals surface area contributed by atoms with E-state index in [1.54, 1.807) is 13.8 Å². The van der Waals surface area contributed by atoms with Crippen LogP contribution in [0.15, 0.2) is 12.1 Å². The van der Waals surface area contributed by atoms with Crippen LogP contribution in [0.25, 0.3) is 0 Å². The van der Waals surface area contributed by atoms with Crippen LogP contribution < -0.4 is 4.90 Å². The highest BCUT2D eigenvalue weighted by Crippen LogP contribution is 2.34. The van der Waals surface area contributed by atoms with Gasteiger partial charge in [0, 0.05) is 30.4 Å². The van der Waals surface area contributed by atoms with Gasteiger partial charge in [0.2, 0.25) is 0 Å². The Balaban J connectivity index is 2.51. The molecule has 0 aromatic heterocycles. The Kier molecular flexibility index (Phi) is 3.08. The zero-order chi connectivity index (χ0) is 12.6. The first-order valence-electron chi connectivity index (χ1n) is 5.86. The van der Waals surface area contributed by atoms with Crippen LogP contribution in [0.1, 0.15) is 32.3 Å². The molecule has 0 radical (unpaired) electrons. The summed E-state index contributed by atoms with van der Waals surface area (Å²) < 4.78 is 26.6. The fourth-order valence-corrected chi connectivity index (χ4v) is 2.25. The van der Waals surface area contributed by atoms with Gasteiger partial charge in [0.15, 0.2) is 11.6 Å². The highest BCUT2D eigenvalue weighted by Gasteiger charge is 2.26. The Bertz CT molecular complexity index is 420. The second-order valence-electron chi connectivity index (χ2n) is 5.04. The molecule has 94 valence electrons. The lowest BCUT2D eigenvalue weighted by molar-refractivity contribution is 0.0786. The van der Waals surface area contributed by atoms with E-state index in [0.29, 0.717) is 11.3 Å². The first-order valence-corrected chi connectivity index (χ1v) is 5.86. The first kappa shape index (κ1) is 12.3. The molecule has 2 nitrogen and oxygen atoms in total. The molecule has 1 aliphatic heterocycles. The van der Waals surface area contributed by atoms with Crippen molar-refractivity contribution in [3.8, 4) is 0 Å². The Morgan fingerprint density at radius 2 is 1.65 bits per heavy atom. The summed E-state index contributed by atoms with van der Waals surface area (Å²) in [6.45, 7) is 4.82. The number of aliphatic hydroxyl groups is 1. The molecule has 0 saturated carbocycles. The average Bonchev–Trinajstić information content (AvgIpc) is 2.73. The van der Waals surface area contributed by atoms with E-state index in [1.807, 2.05) is 4.90 Å². The van der Waals surface area contributed by atoms with E-state index >= 15 is 0 Å². The molecule has 0 spiro atoms. The van der Waals surface area contributed by atoms with Crippen LogP contribution in [0, 0.1) is 11.6 Å². The second kappa shape index (κ2) is 4.26. The standard InChI is InChI=1S/C13H17F2NO/c1-13(2,17)9-7-10(14)11(15)8-12(9)16-5-3-4-6-16/h7-8,17H,3-6H2,1-2H3. The lowest BCUT2D eigenvalue weighted by Crippen LogP contribution is -2.25. The van der Waals surface area contributed by atoms with Gasteiger partial charge in [-0.15, -0.1) is 0 Å². The highest BCUT2D eigenvalue weighted by atomic mass is 19.2. The molecule has 0 amide bonds. The van der Waals surface area contributed by atoms with E-state index < -0.39 is 17.2 Å². The van der Waals surface area contributed by atoms with Crippen molar-refractivity contribution in [2.75, 3.05) is 18.0 Å². The maximum atomic E-state index is 13.3. The highest BCUT2D eigenvalue weighted by molar-refractivity contribution is 5.57. The monoisotopic (exact) mass is 241 g/mol. The molecule has 1 aliphatic rings. The predicted molar refractivity (Wildman–Crippen MR) is 63.0 cm³/mol. The Hall–Kier alpha value is -1.16. The van der Waals surface area contributed by atoms with Crippen molar-refractivity contribution in [1.82, 2.24) is 0 Å². The zero-order valence-electron chi connectivity index (χ0n) is 10.1. The summed E-state index contributed by atoms with van der Waals surface area (Å²) in [4.78, 5) is 2.00. The van der Waals surface area contributed by atoms with Gasteiger partial charge >= 0.3 is 0 Å². The van der Waals surface area contributed by atoms with E-state index in [0.717, 1.165) is 32.0 Å². The summed E-state index contributed by atoms with van der Waals surface area (Å²) in [6.07, 6.45) is 2.09. The second-order valence-corrected chi connectivity index (χ2v) is 5.04. The van der Waals surface area contributed by atoms with Gasteiger partial charge in [-0.2, -0.15) is 0 Å². The lowest BCUT2D eigenvalue weighted by atomic mass is 9.95. The quantitative estimate of drug-likeness (QED) is 0.860. The third-order valence-corrected chi connectivity index (χ3v) is 3.14. The van der Waals surface area contributed by atoms with Gasteiger partial charge in [0.05, 0.1) is 5.60 Å². The average molecular weight is 241 g/mol. The molecular weight excluding hydrogens is 224 g/mol. The van der Waals surface area contributed by atoms with Crippen molar-refractivity contribution in [3.05, 3.63) is 29.3 Å². The number of benzene rings is 1. The van der Waals surface area contributed by atoms with Crippen LogP contribution in [-0.4, -0.2) is 18.2 Å². The molecule has 0 unspecified atom stereocenters. The minimum atomic E-state index is -1.17. The van der Waals surface area contributed by atoms with Crippen molar-refractivity contribution >= 4 is 5.69 Å². The lowest BCUT2D eigenvalue weighted by Gasteiger charge is -2.27. The predicted octanol–water partition coefficient (Wildman–Crippen LogP) is 2.79. The Morgan fingerprint density at radius 1 is 1.12 bits per heavy atom. The van der Waals surface area contributed by atoms with Crippen LogP contribution in [0.5, 0.6) is 0 Å². The minimum Gasteiger partial charge on any atom is -0.386 e. The zero-order valence-corrected chi connectivity index (χ0v) is 10.1. The molecule has 0 aliphatic carbocycles. The van der Waals surface area contributed by atoms with Gasteiger partial charge in [-0.3, -0.25) is 0 Å². The van der Waals surface area contributed by atoms with Crippen LogP contribution in [0.3, 0.4) is 0 Å². The molecule has 0 atom stereocenters. The van der Waals surface area contributed by atoms with E-state index in [4.69, 9.17) is 0 Å². The maximum absolute atomic E-state index is 13.3. The van der Waals surface area contributed by atoms with E-state index in [2.05, 4.69) is 0 Å². The first-order chi connectivity index (χ1) is 7.89. The van der Waals surface area contributed by atoms with Gasteiger partial charge < -0.3 is 10.0 Å². The molecule has 2 rings (SSSR count). The van der Waals surface area contributed by atoms with Crippen LogP contribution in [-0.2, 0) is 5.60 Å². The molecule has 4 heteroatoms. The maximum Gasteiger partial charge on any atom is 0.160 e. The number of rotatable bonds is 2. The van der Waals surface area contributed by atoms with Crippen molar-refractivity contribution in [3.63, 3.8) is 0 Å². The summed E-state index contributed by atoms with van der Waals surface area (Å²) in [7, 11) is 0. The van der Waals surface area contributed by atoms with Crippen molar-refractivity contribution < 1.29 is 13.9 Å². The Morgan fingerprint density at radius 3 is 2.18 bits per heavy atom. The van der Waals surface area contributed by atoms with Crippen molar-refractivity contribution in [2.24, 2.45) is 0 Å². The van der Waals surface area contributed by atoms with E-state index in [1.165, 1.54) is 6.07 Å². The smallest absolute Gasteiger partial charge is 0.160 e. The van der Waals surface area contributed by atoms with Crippen molar-refractivity contribution in [1.29, 1.82) is 0 Å². The topological polar surface area (TPSA) is 23.5 Å². The summed E-state index contributed by atoms with van der Waals surface area (Å²) in [5.74, 6) is -1.77. The van der Waals surface area contributed by atoms with Crippen LogP contribution in [0.4, 0.5) is 14.5 Å². The third kappa shape index (κ3) is 2.41. The Labute approximate surface area is 99.9 Å². The van der Waals surface area contributed by atoms with Crippen LogP contribution >= 0.6 is 0 Å². The number of hydrogen-bond acceptors (Lipinski definition) is 2. The van der Waals surface area contributed by atoms with E-state index in [-0.39, 0.29) is 0 Å². The van der Waals surface area contributed by atoms with Gasteiger partial charge in [0.1, 0.15) is 0 Å². The number of anilines is 1. The normalized spacial score (nSPS) is 16.6. The molecule has 17 heavy (non-hydrogen) atoms. The molecule has 1 aromatic rings. The van der Waals surface area contributed by atoms with Gasteiger partial charge in [-0.05, 0) is 32.8 Å². The number of hydrogen-bond donors (Lipinski definition) is 1. The number of halogens is 2. The fraction of sp³-hybridized carbons (Fsp3) is 0.538. The molecule has 1 N–H and O–H groups in total. The summed E-state index contributed by atoms with van der Waals surface area (Å²) in [6, 6.07) is 2.29. The van der Waals surface area contributed by atoms with Crippen molar-refractivity contribution in [2.45, 2.75) is 32.3 Å². The molecular formula is C13H17F2NO. The van der Waals surface area contributed by atoms with Crippen LogP contribution in [0.2, 0.25) is 0 Å². The third-order valence-electron chi connectivity index (χ3n) is 3.14. The molecule has 1 heterocycles. The minimum absolute atomic E-state index is 0.443. The molecule has 1 fully saturated rings. The fourth-order valence-electron chi connectivity index (χ4n) is 2.25.